The third kappa shape index (κ3) is 13.3. The molecule has 0 aliphatic rings. The van der Waals surface area contributed by atoms with Crippen molar-refractivity contribution >= 4 is 42.2 Å². The second kappa shape index (κ2) is 18.0. The summed E-state index contributed by atoms with van der Waals surface area (Å²) in [6, 6.07) is -4.40. The number of thiol groups is 1. The number of carbonyl (C=O) groups is 5. The lowest BCUT2D eigenvalue weighted by Gasteiger charge is -2.25. The van der Waals surface area contributed by atoms with Gasteiger partial charge >= 0.3 is 5.97 Å². The smallest absolute Gasteiger partial charge is 0.326 e. The Balaban J connectivity index is 5.47. The van der Waals surface area contributed by atoms with E-state index in [1.807, 2.05) is 0 Å². The SMILES string of the molecule is NCCCCC(NC(=O)C(CCCCN)NC(=O)C(CCC(N)=O)NC(=O)C(N)CS)C(=O)O. The lowest BCUT2D eigenvalue weighted by Crippen LogP contribution is -2.57. The van der Waals surface area contributed by atoms with E-state index in [0.29, 0.717) is 38.8 Å². The lowest BCUT2D eigenvalue weighted by molar-refractivity contribution is -0.142. The minimum absolute atomic E-state index is 0.0286. The van der Waals surface area contributed by atoms with Gasteiger partial charge in [-0.25, -0.2) is 4.79 Å². The van der Waals surface area contributed by atoms with Crippen LogP contribution in [-0.2, 0) is 24.0 Å². The zero-order valence-electron chi connectivity index (χ0n) is 19.3. The highest BCUT2D eigenvalue weighted by Gasteiger charge is 2.30. The molecule has 0 radical (unpaired) electrons. The van der Waals surface area contributed by atoms with Crippen LogP contribution in [0.2, 0.25) is 0 Å². The Morgan fingerprint density at radius 3 is 1.62 bits per heavy atom. The zero-order valence-corrected chi connectivity index (χ0v) is 20.2. The van der Waals surface area contributed by atoms with E-state index in [1.165, 1.54) is 0 Å². The van der Waals surface area contributed by atoms with Crippen LogP contribution in [0.25, 0.3) is 0 Å². The van der Waals surface area contributed by atoms with E-state index < -0.39 is 53.8 Å². The topological polar surface area (TPSA) is 246 Å². The number of rotatable bonds is 19. The first-order chi connectivity index (χ1) is 16.1. The molecular formula is C20H39N7O6S. The van der Waals surface area contributed by atoms with Gasteiger partial charge in [-0.3, -0.25) is 19.2 Å². The van der Waals surface area contributed by atoms with Gasteiger partial charge in [-0.05, 0) is 58.0 Å². The molecule has 0 heterocycles. The first kappa shape index (κ1) is 31.6. The van der Waals surface area contributed by atoms with E-state index >= 15 is 0 Å². The van der Waals surface area contributed by atoms with Crippen molar-refractivity contribution in [3.63, 3.8) is 0 Å². The second-order valence-electron chi connectivity index (χ2n) is 7.88. The van der Waals surface area contributed by atoms with Gasteiger partial charge in [-0.1, -0.05) is 0 Å². The minimum atomic E-state index is -1.20. The largest absolute Gasteiger partial charge is 0.480 e. The molecule has 196 valence electrons. The predicted molar refractivity (Wildman–Crippen MR) is 129 cm³/mol. The van der Waals surface area contributed by atoms with Crippen molar-refractivity contribution in [2.24, 2.45) is 22.9 Å². The monoisotopic (exact) mass is 505 g/mol. The number of amides is 4. The quantitative estimate of drug-likeness (QED) is 0.0653. The Bertz CT molecular complexity index is 682. The minimum Gasteiger partial charge on any atom is -0.480 e. The summed E-state index contributed by atoms with van der Waals surface area (Å²) in [5, 5.41) is 16.9. The molecule has 4 amide bonds. The number of nitrogens with two attached hydrogens (primary N) is 4. The van der Waals surface area contributed by atoms with Crippen LogP contribution < -0.4 is 38.9 Å². The van der Waals surface area contributed by atoms with Gasteiger partial charge in [0.25, 0.3) is 0 Å². The molecule has 13 nitrogen and oxygen atoms in total. The summed E-state index contributed by atoms with van der Waals surface area (Å²) in [6.45, 7) is 0.769. The molecule has 4 unspecified atom stereocenters. The summed E-state index contributed by atoms with van der Waals surface area (Å²) in [5.41, 5.74) is 21.7. The number of hydrogen-bond acceptors (Lipinski definition) is 9. The number of unbranched alkanes of at least 4 members (excludes halogenated alkanes) is 2. The van der Waals surface area contributed by atoms with E-state index in [4.69, 9.17) is 22.9 Å². The molecular weight excluding hydrogens is 466 g/mol. The standard InChI is InChI=1S/C20H39N7O6S/c21-9-3-1-5-13(18(30)27-15(20(32)33)6-2-4-10-22)26-19(31)14(7-8-16(24)28)25-17(29)12(23)11-34/h12-15,34H,1-11,21-23H2,(H2,24,28)(H,25,29)(H,26,31)(H,27,30)(H,32,33). The van der Waals surface area contributed by atoms with Gasteiger partial charge in [-0.2, -0.15) is 12.6 Å². The van der Waals surface area contributed by atoms with Crippen LogP contribution in [-0.4, -0.2) is 77.7 Å². The van der Waals surface area contributed by atoms with E-state index in [9.17, 15) is 29.1 Å². The molecule has 0 bridgehead atoms. The fourth-order valence-electron chi connectivity index (χ4n) is 2.97. The summed E-state index contributed by atoms with van der Waals surface area (Å²) >= 11 is 3.94. The molecule has 0 saturated heterocycles. The van der Waals surface area contributed by atoms with Crippen LogP contribution >= 0.6 is 12.6 Å². The maximum Gasteiger partial charge on any atom is 0.326 e. The normalized spacial score (nSPS) is 14.4. The van der Waals surface area contributed by atoms with E-state index in [1.54, 1.807) is 0 Å². The van der Waals surface area contributed by atoms with Crippen molar-refractivity contribution < 1.29 is 29.1 Å². The second-order valence-corrected chi connectivity index (χ2v) is 8.25. The summed E-state index contributed by atoms with van der Waals surface area (Å²) in [4.78, 5) is 60.7. The number of hydrogen-bond donors (Lipinski definition) is 9. The van der Waals surface area contributed by atoms with E-state index in [-0.39, 0.29) is 31.4 Å². The third-order valence-corrected chi connectivity index (χ3v) is 5.38. The molecule has 0 aliphatic heterocycles. The Morgan fingerprint density at radius 2 is 1.18 bits per heavy atom. The van der Waals surface area contributed by atoms with Crippen LogP contribution in [0.3, 0.4) is 0 Å². The molecule has 0 aliphatic carbocycles. The summed E-state index contributed by atoms with van der Waals surface area (Å²) in [5.74, 6) is -3.92. The van der Waals surface area contributed by atoms with Gasteiger partial charge in [0.2, 0.25) is 23.6 Å². The van der Waals surface area contributed by atoms with E-state index in [2.05, 4.69) is 28.6 Å². The predicted octanol–water partition coefficient (Wildman–Crippen LogP) is -2.69. The van der Waals surface area contributed by atoms with Gasteiger partial charge in [-0.15, -0.1) is 0 Å². The van der Waals surface area contributed by atoms with Crippen LogP contribution in [0.5, 0.6) is 0 Å². The third-order valence-electron chi connectivity index (χ3n) is 4.99. The summed E-state index contributed by atoms with van der Waals surface area (Å²) in [7, 11) is 0. The first-order valence-electron chi connectivity index (χ1n) is 11.3. The van der Waals surface area contributed by atoms with Crippen LogP contribution in [0.4, 0.5) is 0 Å². The number of primary amides is 1. The zero-order chi connectivity index (χ0) is 26.1. The molecule has 14 heteroatoms. The molecule has 0 fully saturated rings. The van der Waals surface area contributed by atoms with Crippen molar-refractivity contribution in [2.45, 2.75) is 75.5 Å². The molecule has 4 atom stereocenters. The van der Waals surface area contributed by atoms with Crippen molar-refractivity contribution in [2.75, 3.05) is 18.8 Å². The Kier molecular flexibility index (Phi) is 16.7. The maximum atomic E-state index is 12.9. The molecule has 0 saturated carbocycles. The number of carboxylic acids is 1. The first-order valence-corrected chi connectivity index (χ1v) is 11.9. The molecule has 12 N–H and O–H groups in total. The molecule has 0 aromatic carbocycles. The molecule has 0 rings (SSSR count). The molecule has 0 aromatic rings. The Morgan fingerprint density at radius 1 is 0.735 bits per heavy atom. The van der Waals surface area contributed by atoms with Gasteiger partial charge < -0.3 is 44.0 Å². The van der Waals surface area contributed by atoms with Crippen molar-refractivity contribution in [1.82, 2.24) is 16.0 Å². The van der Waals surface area contributed by atoms with Gasteiger partial charge in [0.05, 0.1) is 6.04 Å². The van der Waals surface area contributed by atoms with Crippen molar-refractivity contribution in [3.8, 4) is 0 Å². The van der Waals surface area contributed by atoms with Crippen LogP contribution in [0, 0.1) is 0 Å². The van der Waals surface area contributed by atoms with Gasteiger partial charge in [0.15, 0.2) is 0 Å². The lowest BCUT2D eigenvalue weighted by atomic mass is 10.0. The van der Waals surface area contributed by atoms with Crippen molar-refractivity contribution in [3.05, 3.63) is 0 Å². The van der Waals surface area contributed by atoms with Crippen LogP contribution in [0.15, 0.2) is 0 Å². The van der Waals surface area contributed by atoms with Crippen molar-refractivity contribution in [1.29, 1.82) is 0 Å². The van der Waals surface area contributed by atoms with Crippen LogP contribution in [0.1, 0.15) is 51.4 Å². The fourth-order valence-corrected chi connectivity index (χ4v) is 3.14. The number of carbonyl (C=O) groups excluding carboxylic acids is 4. The Hall–Kier alpha value is -2.42. The fraction of sp³-hybridized carbons (Fsp3) is 0.750. The molecule has 0 spiro atoms. The number of aliphatic carboxylic acids is 1. The van der Waals surface area contributed by atoms with Gasteiger partial charge in [0.1, 0.15) is 18.1 Å². The highest BCUT2D eigenvalue weighted by molar-refractivity contribution is 7.80. The van der Waals surface area contributed by atoms with E-state index in [0.717, 1.165) is 0 Å². The number of nitrogens with one attached hydrogen (secondary N) is 3. The maximum absolute atomic E-state index is 12.9. The average molecular weight is 506 g/mol. The average Bonchev–Trinajstić information content (AvgIpc) is 2.79. The molecule has 0 aromatic heterocycles. The molecule has 34 heavy (non-hydrogen) atoms. The van der Waals surface area contributed by atoms with Gasteiger partial charge in [0, 0.05) is 12.2 Å². The highest BCUT2D eigenvalue weighted by Crippen LogP contribution is 2.07. The number of carboxylic acid groups (broad SMARTS) is 1. The summed E-state index contributed by atoms with van der Waals surface area (Å²) < 4.78 is 0. The highest BCUT2D eigenvalue weighted by atomic mass is 32.1. The Labute approximate surface area is 204 Å². The summed E-state index contributed by atoms with van der Waals surface area (Å²) in [6.07, 6.45) is 2.24.